The molecule has 0 saturated carbocycles. The van der Waals surface area contributed by atoms with E-state index in [1.807, 2.05) is 25.1 Å². The van der Waals surface area contributed by atoms with E-state index < -0.39 is 5.91 Å². The van der Waals surface area contributed by atoms with E-state index in [0.29, 0.717) is 32.8 Å². The van der Waals surface area contributed by atoms with E-state index in [0.717, 1.165) is 5.56 Å². The first-order valence-corrected chi connectivity index (χ1v) is 9.73. The van der Waals surface area contributed by atoms with E-state index in [2.05, 4.69) is 15.4 Å². The topological polar surface area (TPSA) is 59.8 Å². The Morgan fingerprint density at radius 3 is 2.47 bits per heavy atom. The Labute approximate surface area is 182 Å². The van der Waals surface area contributed by atoms with Gasteiger partial charge in [0.05, 0.1) is 15.7 Å². The molecule has 0 unspecified atom stereocenters. The molecule has 8 heteroatoms. The molecule has 1 aromatic heterocycles. The van der Waals surface area contributed by atoms with Crippen molar-refractivity contribution in [3.63, 3.8) is 0 Å². The van der Waals surface area contributed by atoms with Gasteiger partial charge in [-0.25, -0.2) is 14.1 Å². The maximum atomic E-state index is 13.4. The lowest BCUT2D eigenvalue weighted by Gasteiger charge is -2.07. The third-order valence-electron chi connectivity index (χ3n) is 4.34. The van der Waals surface area contributed by atoms with Gasteiger partial charge in [0, 0.05) is 11.3 Å². The molecule has 4 aromatic rings. The largest absolute Gasteiger partial charge is 0.319 e. The lowest BCUT2D eigenvalue weighted by atomic mass is 10.2. The van der Waals surface area contributed by atoms with Gasteiger partial charge in [0.2, 0.25) is 5.82 Å². The van der Waals surface area contributed by atoms with Gasteiger partial charge in [0.15, 0.2) is 5.82 Å². The highest BCUT2D eigenvalue weighted by Gasteiger charge is 2.19. The van der Waals surface area contributed by atoms with Crippen molar-refractivity contribution in [2.24, 2.45) is 0 Å². The highest BCUT2D eigenvalue weighted by Crippen LogP contribution is 2.27. The first-order valence-electron chi connectivity index (χ1n) is 8.97. The second kappa shape index (κ2) is 8.26. The first-order chi connectivity index (χ1) is 14.4. The predicted octanol–water partition coefficient (Wildman–Crippen LogP) is 5.94. The van der Waals surface area contributed by atoms with Gasteiger partial charge in [-0.15, -0.1) is 5.10 Å². The summed E-state index contributed by atoms with van der Waals surface area (Å²) in [4.78, 5) is 17.2. The second-order valence-corrected chi connectivity index (χ2v) is 7.41. The summed E-state index contributed by atoms with van der Waals surface area (Å²) < 4.78 is 14.9. The zero-order valence-electron chi connectivity index (χ0n) is 15.7. The maximum absolute atomic E-state index is 13.4. The quantitative estimate of drug-likeness (QED) is 0.426. The van der Waals surface area contributed by atoms with Crippen molar-refractivity contribution in [2.75, 3.05) is 5.32 Å². The number of amides is 1. The molecule has 4 rings (SSSR count). The number of aromatic nitrogens is 3. The SMILES string of the molecule is Cc1cccc(NC(=O)c2nc(-c3ccc(F)cc3)n(-c3ccc(Cl)c(Cl)c3)n2)c1. The monoisotopic (exact) mass is 440 g/mol. The lowest BCUT2D eigenvalue weighted by Crippen LogP contribution is -2.14. The summed E-state index contributed by atoms with van der Waals surface area (Å²) >= 11 is 12.2. The van der Waals surface area contributed by atoms with Crippen LogP contribution in [0.2, 0.25) is 10.0 Å². The fourth-order valence-corrected chi connectivity index (χ4v) is 3.19. The van der Waals surface area contributed by atoms with Crippen LogP contribution in [0.15, 0.2) is 66.7 Å². The summed E-state index contributed by atoms with van der Waals surface area (Å²) in [5.41, 5.74) is 2.79. The van der Waals surface area contributed by atoms with Crippen molar-refractivity contribution in [1.82, 2.24) is 14.8 Å². The van der Waals surface area contributed by atoms with E-state index in [9.17, 15) is 9.18 Å². The highest BCUT2D eigenvalue weighted by atomic mass is 35.5. The van der Waals surface area contributed by atoms with Crippen molar-refractivity contribution in [3.8, 4) is 17.1 Å². The Bertz CT molecular complexity index is 1240. The van der Waals surface area contributed by atoms with Crippen molar-refractivity contribution < 1.29 is 9.18 Å². The first kappa shape index (κ1) is 20.1. The molecule has 0 radical (unpaired) electrons. The number of halogens is 3. The van der Waals surface area contributed by atoms with Crippen LogP contribution >= 0.6 is 23.2 Å². The summed E-state index contributed by atoms with van der Waals surface area (Å²) in [6.45, 7) is 1.93. The number of nitrogens with one attached hydrogen (secondary N) is 1. The molecule has 0 aliphatic heterocycles. The molecule has 0 saturated heterocycles. The van der Waals surface area contributed by atoms with Crippen molar-refractivity contribution in [1.29, 1.82) is 0 Å². The van der Waals surface area contributed by atoms with Gasteiger partial charge in [-0.2, -0.15) is 0 Å². The molecule has 150 valence electrons. The number of hydrogen-bond acceptors (Lipinski definition) is 3. The molecule has 30 heavy (non-hydrogen) atoms. The van der Waals surface area contributed by atoms with Gasteiger partial charge in [-0.1, -0.05) is 35.3 Å². The van der Waals surface area contributed by atoms with E-state index in [-0.39, 0.29) is 11.6 Å². The molecule has 0 spiro atoms. The van der Waals surface area contributed by atoms with Gasteiger partial charge in [0.25, 0.3) is 5.91 Å². The van der Waals surface area contributed by atoms with Gasteiger partial charge in [-0.05, 0) is 67.1 Å². The lowest BCUT2D eigenvalue weighted by molar-refractivity contribution is 0.101. The van der Waals surface area contributed by atoms with E-state index in [1.54, 1.807) is 36.4 Å². The maximum Gasteiger partial charge on any atom is 0.295 e. The summed E-state index contributed by atoms with van der Waals surface area (Å²) in [6, 6.07) is 18.1. The molecule has 0 bridgehead atoms. The number of anilines is 1. The van der Waals surface area contributed by atoms with Crippen LogP contribution in [0.1, 0.15) is 16.2 Å². The minimum atomic E-state index is -0.470. The van der Waals surface area contributed by atoms with Crippen LogP contribution < -0.4 is 5.32 Å². The normalized spacial score (nSPS) is 10.8. The molecule has 0 aliphatic carbocycles. The molecule has 1 N–H and O–H groups in total. The van der Waals surface area contributed by atoms with Crippen molar-refractivity contribution >= 4 is 34.8 Å². The molecule has 0 atom stereocenters. The second-order valence-electron chi connectivity index (χ2n) is 6.60. The van der Waals surface area contributed by atoms with E-state index >= 15 is 0 Å². The Balaban J connectivity index is 1.77. The van der Waals surface area contributed by atoms with Gasteiger partial charge < -0.3 is 5.32 Å². The van der Waals surface area contributed by atoms with Gasteiger partial charge >= 0.3 is 0 Å². The Morgan fingerprint density at radius 2 is 1.77 bits per heavy atom. The van der Waals surface area contributed by atoms with Crippen LogP contribution in [0.5, 0.6) is 0 Å². The van der Waals surface area contributed by atoms with Crippen LogP contribution in [-0.4, -0.2) is 20.7 Å². The minimum Gasteiger partial charge on any atom is -0.319 e. The number of carbonyl (C=O) groups excluding carboxylic acids is 1. The zero-order valence-corrected chi connectivity index (χ0v) is 17.2. The predicted molar refractivity (Wildman–Crippen MR) is 116 cm³/mol. The molecule has 5 nitrogen and oxygen atoms in total. The molecule has 1 heterocycles. The van der Waals surface area contributed by atoms with Gasteiger partial charge in [-0.3, -0.25) is 4.79 Å². The van der Waals surface area contributed by atoms with E-state index in [1.165, 1.54) is 16.8 Å². The Hall–Kier alpha value is -3.22. The number of carbonyl (C=O) groups is 1. The Morgan fingerprint density at radius 1 is 1.00 bits per heavy atom. The van der Waals surface area contributed by atoms with Crippen LogP contribution in [0.4, 0.5) is 10.1 Å². The number of benzene rings is 3. The molecular weight excluding hydrogens is 426 g/mol. The third kappa shape index (κ3) is 4.20. The van der Waals surface area contributed by atoms with Crippen molar-refractivity contribution in [3.05, 3.63) is 94.0 Å². The summed E-state index contributed by atoms with van der Waals surface area (Å²) in [7, 11) is 0. The number of rotatable bonds is 4. The van der Waals surface area contributed by atoms with Crippen LogP contribution in [0.25, 0.3) is 17.1 Å². The summed E-state index contributed by atoms with van der Waals surface area (Å²) in [5.74, 6) is -0.524. The molecule has 0 aliphatic rings. The van der Waals surface area contributed by atoms with Crippen LogP contribution in [-0.2, 0) is 0 Å². The van der Waals surface area contributed by atoms with Gasteiger partial charge in [0.1, 0.15) is 5.82 Å². The molecule has 1 amide bonds. The van der Waals surface area contributed by atoms with E-state index in [4.69, 9.17) is 23.2 Å². The third-order valence-corrected chi connectivity index (χ3v) is 5.08. The number of aryl methyl sites for hydroxylation is 1. The van der Waals surface area contributed by atoms with Crippen LogP contribution in [0.3, 0.4) is 0 Å². The summed E-state index contributed by atoms with van der Waals surface area (Å²) in [5, 5.41) is 7.88. The average molecular weight is 441 g/mol. The fourth-order valence-electron chi connectivity index (χ4n) is 2.90. The number of nitrogens with zero attached hydrogens (tertiary/aromatic N) is 3. The standard InChI is InChI=1S/C22H15Cl2FN4O/c1-13-3-2-4-16(11-13)26-22(30)20-27-21(14-5-7-15(25)8-6-14)29(28-20)17-9-10-18(23)19(24)12-17/h2-12H,1H3,(H,26,30). The van der Waals surface area contributed by atoms with Crippen LogP contribution in [0, 0.1) is 12.7 Å². The smallest absolute Gasteiger partial charge is 0.295 e. The zero-order chi connectivity index (χ0) is 21.3. The molecular formula is C22H15Cl2FN4O. The molecule has 0 fully saturated rings. The Kier molecular flexibility index (Phi) is 5.53. The summed E-state index contributed by atoms with van der Waals surface area (Å²) in [6.07, 6.45) is 0. The minimum absolute atomic E-state index is 0.0399. The number of hydrogen-bond donors (Lipinski definition) is 1. The highest BCUT2D eigenvalue weighted by molar-refractivity contribution is 6.42. The fraction of sp³-hybridized carbons (Fsp3) is 0.0455. The van der Waals surface area contributed by atoms with Crippen molar-refractivity contribution in [2.45, 2.75) is 6.92 Å². The molecule has 3 aromatic carbocycles. The average Bonchev–Trinajstić information content (AvgIpc) is 3.16.